The highest BCUT2D eigenvalue weighted by atomic mass is 35.5. The Balaban J connectivity index is 1.42. The average molecular weight is 460 g/mol. The third-order valence-corrected chi connectivity index (χ3v) is 6.61. The Morgan fingerprint density at radius 3 is 2.03 bits per heavy atom. The minimum Gasteiger partial charge on any atom is -0.351 e. The molecular formula is C24H27Cl2N3O2. The molecule has 2 amide bonds. The summed E-state index contributed by atoms with van der Waals surface area (Å²) in [5, 5.41) is 11.0. The van der Waals surface area contributed by atoms with Gasteiger partial charge in [0.1, 0.15) is 6.04 Å². The van der Waals surface area contributed by atoms with Crippen molar-refractivity contribution in [3.63, 3.8) is 0 Å². The second kappa shape index (κ2) is 10.0. The number of nitrogens with one attached hydrogen (secondary N) is 3. The normalized spacial score (nSPS) is 23.2. The first-order chi connectivity index (χ1) is 14.9. The van der Waals surface area contributed by atoms with Crippen molar-refractivity contribution in [3.8, 4) is 0 Å². The lowest BCUT2D eigenvalue weighted by molar-refractivity contribution is -0.129. The van der Waals surface area contributed by atoms with E-state index in [2.05, 4.69) is 16.0 Å². The number of hydrogen-bond acceptors (Lipinski definition) is 3. The van der Waals surface area contributed by atoms with Gasteiger partial charge in [-0.05, 0) is 61.1 Å². The Hall–Kier alpha value is -2.08. The Morgan fingerprint density at radius 1 is 0.903 bits per heavy atom. The standard InChI is InChI=1S/C24H27Cl2N3O2/c25-17-5-1-15(2-6-17)11-22(29-23(30)12-16-3-7-18(26)8-4-16)24(31)28-21-13-19-9-10-20(14-21)27-19/h1-8,19-22,27H,9-14H2,(H,28,31)(H,29,30)/t19-,20-,22+/m0/s1. The summed E-state index contributed by atoms with van der Waals surface area (Å²) in [6.45, 7) is 0. The lowest BCUT2D eigenvalue weighted by atomic mass is 9.98. The molecule has 2 bridgehead atoms. The summed E-state index contributed by atoms with van der Waals surface area (Å²) < 4.78 is 0. The quantitative estimate of drug-likeness (QED) is 0.591. The van der Waals surface area contributed by atoms with Gasteiger partial charge < -0.3 is 16.0 Å². The number of halogens is 2. The molecule has 0 spiro atoms. The van der Waals surface area contributed by atoms with E-state index in [4.69, 9.17) is 23.2 Å². The molecule has 0 radical (unpaired) electrons. The monoisotopic (exact) mass is 459 g/mol. The van der Waals surface area contributed by atoms with Crippen LogP contribution in [0.5, 0.6) is 0 Å². The van der Waals surface area contributed by atoms with E-state index in [0.29, 0.717) is 28.5 Å². The molecule has 0 unspecified atom stereocenters. The largest absolute Gasteiger partial charge is 0.351 e. The van der Waals surface area contributed by atoms with Crippen LogP contribution in [0.4, 0.5) is 0 Å². The first-order valence-corrected chi connectivity index (χ1v) is 11.5. The highest BCUT2D eigenvalue weighted by molar-refractivity contribution is 6.30. The first kappa shape index (κ1) is 22.1. The fourth-order valence-electron chi connectivity index (χ4n) is 4.58. The number of hydrogen-bond donors (Lipinski definition) is 3. The van der Waals surface area contributed by atoms with Gasteiger partial charge in [-0.25, -0.2) is 0 Å². The number of rotatable bonds is 7. The summed E-state index contributed by atoms with van der Waals surface area (Å²) in [4.78, 5) is 25.9. The van der Waals surface area contributed by atoms with E-state index in [0.717, 1.165) is 24.0 Å². The van der Waals surface area contributed by atoms with Gasteiger partial charge in [-0.15, -0.1) is 0 Å². The van der Waals surface area contributed by atoms with Gasteiger partial charge >= 0.3 is 0 Å². The van der Waals surface area contributed by atoms with Gasteiger partial charge in [-0.2, -0.15) is 0 Å². The lowest BCUT2D eigenvalue weighted by Crippen LogP contribution is -2.54. The molecule has 164 valence electrons. The van der Waals surface area contributed by atoms with Gasteiger partial charge in [0.2, 0.25) is 11.8 Å². The van der Waals surface area contributed by atoms with Crippen molar-refractivity contribution in [3.05, 3.63) is 69.7 Å². The van der Waals surface area contributed by atoms with Crippen LogP contribution in [-0.4, -0.2) is 36.0 Å². The van der Waals surface area contributed by atoms with Crippen molar-refractivity contribution in [2.24, 2.45) is 0 Å². The van der Waals surface area contributed by atoms with E-state index in [-0.39, 0.29) is 24.3 Å². The summed E-state index contributed by atoms with van der Waals surface area (Å²) in [6, 6.07) is 15.0. The van der Waals surface area contributed by atoms with Crippen LogP contribution in [0, 0.1) is 0 Å². The van der Waals surface area contributed by atoms with Gasteiger partial charge in [0.15, 0.2) is 0 Å². The number of carbonyl (C=O) groups is 2. The van der Waals surface area contributed by atoms with Crippen LogP contribution in [0.2, 0.25) is 10.0 Å². The molecule has 31 heavy (non-hydrogen) atoms. The summed E-state index contributed by atoms with van der Waals surface area (Å²) >= 11 is 11.9. The van der Waals surface area contributed by atoms with E-state index in [1.807, 2.05) is 24.3 Å². The maximum atomic E-state index is 13.2. The molecule has 2 aromatic carbocycles. The molecule has 3 atom stereocenters. The third kappa shape index (κ3) is 6.22. The number of carbonyl (C=O) groups excluding carboxylic acids is 2. The van der Waals surface area contributed by atoms with Gasteiger partial charge in [0, 0.05) is 34.6 Å². The average Bonchev–Trinajstić information content (AvgIpc) is 3.09. The van der Waals surface area contributed by atoms with Gasteiger partial charge in [-0.1, -0.05) is 47.5 Å². The summed E-state index contributed by atoms with van der Waals surface area (Å²) in [5.74, 6) is -0.326. The SMILES string of the molecule is O=C(Cc1ccc(Cl)cc1)N[C@H](Cc1ccc(Cl)cc1)C(=O)NC1C[C@@H]2CC[C@@H](C1)N2. The van der Waals surface area contributed by atoms with Crippen molar-refractivity contribution in [2.75, 3.05) is 0 Å². The molecule has 2 saturated heterocycles. The van der Waals surface area contributed by atoms with Crippen LogP contribution in [0.25, 0.3) is 0 Å². The molecule has 7 heteroatoms. The molecule has 2 aliphatic heterocycles. The van der Waals surface area contributed by atoms with Crippen molar-refractivity contribution < 1.29 is 9.59 Å². The van der Waals surface area contributed by atoms with Gasteiger partial charge in [-0.3, -0.25) is 9.59 Å². The van der Waals surface area contributed by atoms with E-state index in [9.17, 15) is 9.59 Å². The molecule has 2 aromatic rings. The Kier molecular flexibility index (Phi) is 7.16. The topological polar surface area (TPSA) is 70.2 Å². The molecule has 5 nitrogen and oxygen atoms in total. The van der Waals surface area contributed by atoms with Gasteiger partial charge in [0.05, 0.1) is 6.42 Å². The fraction of sp³-hybridized carbons (Fsp3) is 0.417. The van der Waals surface area contributed by atoms with E-state index >= 15 is 0 Å². The zero-order valence-electron chi connectivity index (χ0n) is 17.2. The van der Waals surface area contributed by atoms with Crippen LogP contribution < -0.4 is 16.0 Å². The number of piperidine rings is 1. The van der Waals surface area contributed by atoms with E-state index in [1.165, 1.54) is 12.8 Å². The summed E-state index contributed by atoms with van der Waals surface area (Å²) in [6.07, 6.45) is 4.82. The predicted octanol–water partition coefficient (Wildman–Crippen LogP) is 3.66. The second-order valence-corrected chi connectivity index (χ2v) is 9.44. The molecule has 0 aliphatic carbocycles. The fourth-order valence-corrected chi connectivity index (χ4v) is 4.83. The molecule has 2 heterocycles. The van der Waals surface area contributed by atoms with Crippen LogP contribution in [0.3, 0.4) is 0 Å². The van der Waals surface area contributed by atoms with Crippen molar-refractivity contribution in [2.45, 2.75) is 62.7 Å². The molecular weight excluding hydrogens is 433 g/mol. The minimum atomic E-state index is -0.645. The zero-order chi connectivity index (χ0) is 21.8. The Morgan fingerprint density at radius 2 is 1.45 bits per heavy atom. The van der Waals surface area contributed by atoms with E-state index < -0.39 is 6.04 Å². The minimum absolute atomic E-state index is 0.134. The van der Waals surface area contributed by atoms with Crippen LogP contribution in [0.15, 0.2) is 48.5 Å². The zero-order valence-corrected chi connectivity index (χ0v) is 18.8. The Labute approximate surface area is 192 Å². The smallest absolute Gasteiger partial charge is 0.243 e. The van der Waals surface area contributed by atoms with Gasteiger partial charge in [0.25, 0.3) is 0 Å². The molecule has 3 N–H and O–H groups in total. The van der Waals surface area contributed by atoms with Crippen molar-refractivity contribution in [1.82, 2.24) is 16.0 Å². The molecule has 4 rings (SSSR count). The lowest BCUT2D eigenvalue weighted by Gasteiger charge is -2.31. The van der Waals surface area contributed by atoms with E-state index in [1.54, 1.807) is 24.3 Å². The highest BCUT2D eigenvalue weighted by Gasteiger charge is 2.35. The Bertz CT molecular complexity index is 905. The van der Waals surface area contributed by atoms with Crippen LogP contribution in [-0.2, 0) is 22.4 Å². The number of amides is 2. The first-order valence-electron chi connectivity index (χ1n) is 10.8. The molecule has 2 fully saturated rings. The molecule has 0 aromatic heterocycles. The van der Waals surface area contributed by atoms with Crippen LogP contribution in [0.1, 0.15) is 36.8 Å². The maximum Gasteiger partial charge on any atom is 0.243 e. The number of fused-ring (bicyclic) bond motifs is 2. The summed E-state index contributed by atoms with van der Waals surface area (Å²) in [7, 11) is 0. The maximum absolute atomic E-state index is 13.2. The third-order valence-electron chi connectivity index (χ3n) is 6.10. The predicted molar refractivity (Wildman–Crippen MR) is 123 cm³/mol. The highest BCUT2D eigenvalue weighted by Crippen LogP contribution is 2.26. The summed E-state index contributed by atoms with van der Waals surface area (Å²) in [5.41, 5.74) is 1.80. The van der Waals surface area contributed by atoms with Crippen LogP contribution >= 0.6 is 23.2 Å². The second-order valence-electron chi connectivity index (χ2n) is 8.57. The number of benzene rings is 2. The van der Waals surface area contributed by atoms with Crippen molar-refractivity contribution in [1.29, 1.82) is 0 Å². The van der Waals surface area contributed by atoms with Crippen molar-refractivity contribution >= 4 is 35.0 Å². The molecule has 0 saturated carbocycles. The molecule has 2 aliphatic rings.